The van der Waals surface area contributed by atoms with Crippen molar-refractivity contribution in [3.05, 3.63) is 142 Å². The number of hydrogen-bond acceptors (Lipinski definition) is 17. The first kappa shape index (κ1) is 45.3. The van der Waals surface area contributed by atoms with E-state index in [-0.39, 0.29) is 47.6 Å². The van der Waals surface area contributed by atoms with Crippen LogP contribution in [0.15, 0.2) is 119 Å². The monoisotopic (exact) mass is 924 g/mol. The number of aliphatic hydroxyl groups excluding tert-OH is 1. The third-order valence-corrected chi connectivity index (χ3v) is 12.9. The molecule has 3 aromatic carbocycles. The first-order valence-corrected chi connectivity index (χ1v) is 22.7. The molecule has 8 rings (SSSR count). The molecule has 0 radical (unpaired) electrons. The third-order valence-electron chi connectivity index (χ3n) is 10.6. The van der Waals surface area contributed by atoms with Gasteiger partial charge in [0.2, 0.25) is 0 Å². The molecule has 336 valence electrons. The van der Waals surface area contributed by atoms with E-state index in [1.165, 1.54) is 30.5 Å². The molecule has 0 aliphatic carbocycles. The molecule has 0 spiro atoms. The molecule has 0 bridgehead atoms. The Balaban J connectivity index is 1.06. The number of ether oxygens (including phenoxy) is 4. The van der Waals surface area contributed by atoms with Gasteiger partial charge in [0.15, 0.2) is 29.3 Å². The Hall–Kier alpha value is -6.31. The van der Waals surface area contributed by atoms with Crippen molar-refractivity contribution in [2.45, 2.75) is 55.8 Å². The third kappa shape index (κ3) is 10.0. The summed E-state index contributed by atoms with van der Waals surface area (Å²) in [7, 11) is 1.41. The van der Waals surface area contributed by atoms with Crippen LogP contribution in [0.1, 0.15) is 46.0 Å². The van der Waals surface area contributed by atoms with Crippen molar-refractivity contribution < 1.29 is 47.2 Å². The molecule has 22 heteroatoms. The molecule has 2 aliphatic heterocycles. The Morgan fingerprint density at radius 2 is 1.65 bits per heavy atom. The maximum Gasteiger partial charge on any atom is 0.338 e. The number of methoxy groups -OCH3 is 1. The van der Waals surface area contributed by atoms with Gasteiger partial charge in [-0.25, -0.2) is 24.5 Å². The average Bonchev–Trinajstić information content (AvgIpc) is 4.04. The standard InChI is InChI=1S/C43H41N8O12PS/c1-57-36-35(62-42(55)28-16-9-4-10-17-28)32(61-41(36)51-25-47-34-37(45-24-46-38(34)51)48-39(53)27-14-7-3-8-15-27)23-59-64(65,58-19-11-18-44)63-30-20-33(60-31(30)22-52)50-21-29(40(54)49-43(50)56)26-12-5-2-6-13-26/h2-10,12-17,21,24-25,30-33,35-36,41,52H,11,19-20,22-23H2,1H3,(H,49,54,56)(H,45,46,48,53)/t30?,31-,32-,33-,35?,36?,41-,64?/m1/s1. The predicted molar refractivity (Wildman–Crippen MR) is 234 cm³/mol. The van der Waals surface area contributed by atoms with E-state index in [0.29, 0.717) is 11.1 Å². The van der Waals surface area contributed by atoms with Gasteiger partial charge >= 0.3 is 18.4 Å². The Morgan fingerprint density at radius 1 is 0.938 bits per heavy atom. The van der Waals surface area contributed by atoms with Crippen LogP contribution < -0.4 is 16.6 Å². The van der Waals surface area contributed by atoms with Crippen LogP contribution in [0.25, 0.3) is 22.3 Å². The van der Waals surface area contributed by atoms with Crippen molar-refractivity contribution in [1.29, 1.82) is 5.26 Å². The molecule has 0 saturated carbocycles. The summed E-state index contributed by atoms with van der Waals surface area (Å²) in [5.41, 5.74) is 0.571. The molecule has 2 saturated heterocycles. The highest BCUT2D eigenvalue weighted by molar-refractivity contribution is 8.07. The number of imidazole rings is 1. The van der Waals surface area contributed by atoms with E-state index in [2.05, 4.69) is 25.3 Å². The maximum absolute atomic E-state index is 13.6. The summed E-state index contributed by atoms with van der Waals surface area (Å²) in [5.74, 6) is -0.973. The first-order valence-electron chi connectivity index (χ1n) is 20.2. The number of aromatic amines is 1. The van der Waals surface area contributed by atoms with Gasteiger partial charge in [-0.05, 0) is 41.6 Å². The molecule has 4 unspecified atom stereocenters. The van der Waals surface area contributed by atoms with Gasteiger partial charge in [0.1, 0.15) is 30.9 Å². The number of fused-ring (bicyclic) bond motifs is 1. The van der Waals surface area contributed by atoms with Crippen molar-refractivity contribution in [2.24, 2.45) is 0 Å². The summed E-state index contributed by atoms with van der Waals surface area (Å²) in [6, 6.07) is 27.6. The van der Waals surface area contributed by atoms with Gasteiger partial charge in [-0.3, -0.25) is 23.7 Å². The van der Waals surface area contributed by atoms with Gasteiger partial charge in [-0.1, -0.05) is 66.7 Å². The molecular formula is C43H41N8O12PS. The van der Waals surface area contributed by atoms with Crippen LogP contribution in [0.5, 0.6) is 0 Å². The van der Waals surface area contributed by atoms with Gasteiger partial charge in [-0.2, -0.15) is 5.26 Å². The first-order chi connectivity index (χ1) is 31.6. The number of nitrogens with one attached hydrogen (secondary N) is 2. The topological polar surface area (TPSA) is 253 Å². The van der Waals surface area contributed by atoms with Gasteiger partial charge in [0.25, 0.3) is 11.5 Å². The lowest BCUT2D eigenvalue weighted by molar-refractivity contribution is -0.0610. The Labute approximate surface area is 374 Å². The van der Waals surface area contributed by atoms with Crippen LogP contribution in [0.2, 0.25) is 0 Å². The van der Waals surface area contributed by atoms with Crippen LogP contribution in [-0.4, -0.2) is 104 Å². The zero-order valence-electron chi connectivity index (χ0n) is 34.4. The number of anilines is 1. The molecule has 2 aliphatic rings. The SMILES string of the molecule is COC1C(OC(=O)c2ccccc2)[C@@H](COP(=S)(OCCC#N)OC2C[C@H](n3cc(-c4ccccc4)c(=O)[nH]c3=O)O[C@@H]2CO)O[C@H]1n1cnc2c(NC(=O)c3ccccc3)ncnc21. The Morgan fingerprint density at radius 3 is 2.34 bits per heavy atom. The molecule has 1 amide bonds. The van der Waals surface area contributed by atoms with Gasteiger partial charge < -0.3 is 42.9 Å². The largest absolute Gasteiger partial charge is 0.453 e. The van der Waals surface area contributed by atoms with Crippen LogP contribution in [-0.2, 0) is 44.3 Å². The number of H-pyrrole nitrogens is 1. The molecule has 3 aromatic heterocycles. The molecule has 20 nitrogen and oxygen atoms in total. The minimum atomic E-state index is -3.90. The number of amides is 1. The molecule has 3 N–H and O–H groups in total. The number of hydrogen-bond donors (Lipinski definition) is 3. The molecular weight excluding hydrogens is 884 g/mol. The van der Waals surface area contributed by atoms with E-state index in [0.717, 1.165) is 0 Å². The molecule has 8 atom stereocenters. The number of nitrogens with zero attached hydrogens (tertiary/aromatic N) is 6. The number of esters is 1. The number of carbonyl (C=O) groups is 2. The number of aromatic nitrogens is 6. The Kier molecular flexibility index (Phi) is 14.1. The van der Waals surface area contributed by atoms with Crippen molar-refractivity contribution in [3.8, 4) is 17.2 Å². The lowest BCUT2D eigenvalue weighted by Gasteiger charge is -2.28. The lowest BCUT2D eigenvalue weighted by atomic mass is 10.1. The highest BCUT2D eigenvalue weighted by Crippen LogP contribution is 2.54. The van der Waals surface area contributed by atoms with Crippen LogP contribution in [0.3, 0.4) is 0 Å². The van der Waals surface area contributed by atoms with Crippen molar-refractivity contribution >= 4 is 47.4 Å². The number of rotatable bonds is 17. The normalized spacial score (nSPS) is 22.6. The van der Waals surface area contributed by atoms with Crippen molar-refractivity contribution in [1.82, 2.24) is 29.1 Å². The maximum atomic E-state index is 13.6. The fourth-order valence-electron chi connectivity index (χ4n) is 7.42. The summed E-state index contributed by atoms with van der Waals surface area (Å²) in [6.07, 6.45) is -3.47. The van der Waals surface area contributed by atoms with E-state index >= 15 is 0 Å². The summed E-state index contributed by atoms with van der Waals surface area (Å²) in [6.45, 7) is -5.06. The smallest absolute Gasteiger partial charge is 0.338 e. The number of benzene rings is 3. The lowest BCUT2D eigenvalue weighted by Crippen LogP contribution is -2.39. The summed E-state index contributed by atoms with van der Waals surface area (Å²) >= 11 is 5.91. The predicted octanol–water partition coefficient (Wildman–Crippen LogP) is 4.27. The van der Waals surface area contributed by atoms with E-state index in [9.17, 15) is 29.5 Å². The van der Waals surface area contributed by atoms with Crippen LogP contribution >= 0.6 is 6.72 Å². The molecule has 2 fully saturated rings. The summed E-state index contributed by atoms with van der Waals surface area (Å²) in [4.78, 5) is 68.1. The molecule has 6 aromatic rings. The second kappa shape index (κ2) is 20.2. The molecule has 65 heavy (non-hydrogen) atoms. The van der Waals surface area contributed by atoms with E-state index in [4.69, 9.17) is 44.3 Å². The van der Waals surface area contributed by atoms with E-state index < -0.39 is 86.0 Å². The highest BCUT2D eigenvalue weighted by Gasteiger charge is 2.50. The summed E-state index contributed by atoms with van der Waals surface area (Å²) in [5, 5.41) is 22.5. The van der Waals surface area contributed by atoms with Gasteiger partial charge in [0.05, 0.1) is 55.9 Å². The van der Waals surface area contributed by atoms with Crippen molar-refractivity contribution in [3.63, 3.8) is 0 Å². The summed E-state index contributed by atoms with van der Waals surface area (Å²) < 4.78 is 46.0. The van der Waals surface area contributed by atoms with Gasteiger partial charge in [-0.15, -0.1) is 0 Å². The quantitative estimate of drug-likeness (QED) is 0.0656. The number of aliphatic hydroxyl groups is 1. The fraction of sp³-hybridized carbons (Fsp3) is 0.302. The van der Waals surface area contributed by atoms with Crippen LogP contribution in [0, 0.1) is 11.3 Å². The second-order valence-electron chi connectivity index (χ2n) is 14.6. The highest BCUT2D eigenvalue weighted by atomic mass is 32.5. The minimum Gasteiger partial charge on any atom is -0.453 e. The zero-order valence-corrected chi connectivity index (χ0v) is 36.2. The zero-order chi connectivity index (χ0) is 45.5. The fourth-order valence-corrected chi connectivity index (χ4v) is 9.56. The van der Waals surface area contributed by atoms with Crippen molar-refractivity contribution in [2.75, 3.05) is 32.2 Å². The molecule has 5 heterocycles. The van der Waals surface area contributed by atoms with Crippen LogP contribution in [0.4, 0.5) is 5.82 Å². The number of nitriles is 1. The average molecular weight is 925 g/mol. The Bertz CT molecular complexity index is 2840. The number of carbonyl (C=O) groups excluding carboxylic acids is 2. The minimum absolute atomic E-state index is 0.0385. The second-order valence-corrected chi connectivity index (χ2v) is 17.6. The van der Waals surface area contributed by atoms with Gasteiger partial charge in [0, 0.05) is 25.3 Å². The van der Waals surface area contributed by atoms with E-state index in [1.807, 2.05) is 6.07 Å². The van der Waals surface area contributed by atoms with E-state index in [1.54, 1.807) is 95.6 Å².